The van der Waals surface area contributed by atoms with E-state index in [1.165, 1.54) is 17.0 Å². The number of amides is 1. The molecule has 0 aliphatic carbocycles. The molecule has 1 unspecified atom stereocenters. The summed E-state index contributed by atoms with van der Waals surface area (Å²) < 4.78 is 14.1. The van der Waals surface area contributed by atoms with Crippen LogP contribution in [0.3, 0.4) is 0 Å². The number of carbonyl (C=O) groups is 2. The van der Waals surface area contributed by atoms with Crippen LogP contribution in [0, 0.1) is 5.82 Å². The number of fused-ring (bicyclic) bond motifs is 1. The fraction of sp³-hybridized carbons (Fsp3) is 0.250. The number of aromatic carboxylic acids is 1. The van der Waals surface area contributed by atoms with Crippen molar-refractivity contribution >= 4 is 23.2 Å². The molecular weight excluding hydrogens is 305 g/mol. The van der Waals surface area contributed by atoms with E-state index in [-0.39, 0.29) is 17.2 Å². The van der Waals surface area contributed by atoms with Gasteiger partial charge >= 0.3 is 5.97 Å². The first-order valence-electron chi connectivity index (χ1n) is 6.89. The van der Waals surface area contributed by atoms with Crippen LogP contribution in [0.15, 0.2) is 29.6 Å². The second-order valence-electron chi connectivity index (χ2n) is 5.22. The van der Waals surface area contributed by atoms with Crippen molar-refractivity contribution in [2.24, 2.45) is 0 Å². The topological polar surface area (TPSA) is 57.6 Å². The van der Waals surface area contributed by atoms with Gasteiger partial charge in [-0.25, -0.2) is 9.18 Å². The van der Waals surface area contributed by atoms with E-state index < -0.39 is 17.7 Å². The first kappa shape index (κ1) is 14.7. The standard InChI is InChI=1S/C16H14FNO3S/c1-9-11-5-7-22-14(11)4-6-18(9)15(19)12-3-2-10(16(20)21)8-13(12)17/h2-3,5,7-9H,4,6H2,1H3,(H,20,21). The summed E-state index contributed by atoms with van der Waals surface area (Å²) in [6.07, 6.45) is 0.762. The van der Waals surface area contributed by atoms with Crippen LogP contribution in [-0.2, 0) is 6.42 Å². The zero-order chi connectivity index (χ0) is 15.9. The lowest BCUT2D eigenvalue weighted by molar-refractivity contribution is 0.0666. The van der Waals surface area contributed by atoms with E-state index in [4.69, 9.17) is 5.11 Å². The van der Waals surface area contributed by atoms with Crippen molar-refractivity contribution < 1.29 is 19.1 Å². The third kappa shape index (κ3) is 2.39. The fourth-order valence-corrected chi connectivity index (χ4v) is 3.73. The lowest BCUT2D eigenvalue weighted by Gasteiger charge is -2.33. The van der Waals surface area contributed by atoms with Crippen LogP contribution in [0.2, 0.25) is 0 Å². The van der Waals surface area contributed by atoms with Gasteiger partial charge in [0.2, 0.25) is 0 Å². The van der Waals surface area contributed by atoms with Gasteiger partial charge in [0.1, 0.15) is 5.82 Å². The lowest BCUT2D eigenvalue weighted by atomic mass is 10.00. The molecule has 1 aliphatic rings. The van der Waals surface area contributed by atoms with Crippen LogP contribution in [0.25, 0.3) is 0 Å². The maximum Gasteiger partial charge on any atom is 0.335 e. The van der Waals surface area contributed by atoms with Crippen molar-refractivity contribution in [2.75, 3.05) is 6.54 Å². The molecule has 1 amide bonds. The van der Waals surface area contributed by atoms with E-state index in [9.17, 15) is 14.0 Å². The number of hydrogen-bond donors (Lipinski definition) is 1. The molecule has 0 saturated heterocycles. The van der Waals surface area contributed by atoms with E-state index in [0.29, 0.717) is 6.54 Å². The first-order valence-corrected chi connectivity index (χ1v) is 7.77. The monoisotopic (exact) mass is 319 g/mol. The van der Waals surface area contributed by atoms with Gasteiger partial charge < -0.3 is 10.0 Å². The molecule has 0 spiro atoms. The number of nitrogens with zero attached hydrogens (tertiary/aromatic N) is 1. The molecular formula is C16H14FNO3S. The third-order valence-electron chi connectivity index (χ3n) is 3.98. The highest BCUT2D eigenvalue weighted by molar-refractivity contribution is 7.10. The summed E-state index contributed by atoms with van der Waals surface area (Å²) in [6.45, 7) is 2.46. The largest absolute Gasteiger partial charge is 0.478 e. The normalized spacial score (nSPS) is 17.2. The molecule has 1 aliphatic heterocycles. The summed E-state index contributed by atoms with van der Waals surface area (Å²) in [4.78, 5) is 26.3. The molecule has 2 aromatic rings. The van der Waals surface area contributed by atoms with Gasteiger partial charge in [-0.1, -0.05) is 0 Å². The Bertz CT molecular complexity index is 756. The lowest BCUT2D eigenvalue weighted by Crippen LogP contribution is -2.38. The zero-order valence-corrected chi connectivity index (χ0v) is 12.7. The minimum atomic E-state index is -1.22. The summed E-state index contributed by atoms with van der Waals surface area (Å²) in [5.41, 5.74) is 0.851. The molecule has 1 N–H and O–H groups in total. The molecule has 22 heavy (non-hydrogen) atoms. The predicted octanol–water partition coefficient (Wildman–Crippen LogP) is 3.34. The molecule has 114 valence electrons. The van der Waals surface area contributed by atoms with Crippen molar-refractivity contribution in [3.05, 3.63) is 57.0 Å². The van der Waals surface area contributed by atoms with Gasteiger partial charge in [0.25, 0.3) is 5.91 Å². The van der Waals surface area contributed by atoms with Crippen molar-refractivity contribution in [3.8, 4) is 0 Å². The minimum absolute atomic E-state index is 0.0875. The summed E-state index contributed by atoms with van der Waals surface area (Å²) in [7, 11) is 0. The predicted molar refractivity (Wildman–Crippen MR) is 80.8 cm³/mol. The van der Waals surface area contributed by atoms with Crippen LogP contribution in [-0.4, -0.2) is 28.4 Å². The van der Waals surface area contributed by atoms with Gasteiger partial charge in [-0.2, -0.15) is 0 Å². The van der Waals surface area contributed by atoms with Crippen LogP contribution in [0.4, 0.5) is 4.39 Å². The maximum absolute atomic E-state index is 14.1. The highest BCUT2D eigenvalue weighted by Gasteiger charge is 2.30. The van der Waals surface area contributed by atoms with Crippen LogP contribution in [0.1, 0.15) is 44.1 Å². The zero-order valence-electron chi connectivity index (χ0n) is 11.9. The van der Waals surface area contributed by atoms with Gasteiger partial charge in [0, 0.05) is 11.4 Å². The van der Waals surface area contributed by atoms with E-state index in [0.717, 1.165) is 18.1 Å². The highest BCUT2D eigenvalue weighted by atomic mass is 32.1. The smallest absolute Gasteiger partial charge is 0.335 e. The molecule has 0 saturated carbocycles. The Labute approximate surface area is 130 Å². The molecule has 4 nitrogen and oxygen atoms in total. The molecule has 0 radical (unpaired) electrons. The van der Waals surface area contributed by atoms with Crippen LogP contribution >= 0.6 is 11.3 Å². The van der Waals surface area contributed by atoms with Crippen molar-refractivity contribution in [1.82, 2.24) is 4.90 Å². The third-order valence-corrected chi connectivity index (χ3v) is 4.98. The summed E-state index contributed by atoms with van der Waals surface area (Å²) in [5, 5.41) is 10.9. The van der Waals surface area contributed by atoms with E-state index in [1.807, 2.05) is 18.4 Å². The average molecular weight is 319 g/mol. The second-order valence-corrected chi connectivity index (χ2v) is 6.22. The average Bonchev–Trinajstić information content (AvgIpc) is 2.96. The van der Waals surface area contributed by atoms with Crippen LogP contribution in [0.5, 0.6) is 0 Å². The number of halogens is 1. The molecule has 1 atom stereocenters. The SMILES string of the molecule is CC1c2ccsc2CCN1C(=O)c1ccc(C(=O)O)cc1F. The number of thiophene rings is 1. The van der Waals surface area contributed by atoms with E-state index in [2.05, 4.69) is 0 Å². The molecule has 0 bridgehead atoms. The van der Waals surface area contributed by atoms with E-state index in [1.54, 1.807) is 16.2 Å². The molecule has 2 heterocycles. The van der Waals surface area contributed by atoms with Gasteiger partial charge in [-0.15, -0.1) is 11.3 Å². The van der Waals surface area contributed by atoms with Gasteiger partial charge in [0.05, 0.1) is 17.2 Å². The van der Waals surface area contributed by atoms with Crippen LogP contribution < -0.4 is 0 Å². The quantitative estimate of drug-likeness (QED) is 0.923. The fourth-order valence-electron chi connectivity index (χ4n) is 2.76. The molecule has 0 fully saturated rings. The Kier molecular flexibility index (Phi) is 3.70. The Balaban J connectivity index is 1.90. The van der Waals surface area contributed by atoms with Gasteiger partial charge in [0.15, 0.2) is 0 Å². The highest BCUT2D eigenvalue weighted by Crippen LogP contribution is 2.33. The van der Waals surface area contributed by atoms with Crippen molar-refractivity contribution in [3.63, 3.8) is 0 Å². The molecule has 3 rings (SSSR count). The summed E-state index contributed by atoms with van der Waals surface area (Å²) in [6, 6.07) is 5.27. The van der Waals surface area contributed by atoms with Gasteiger partial charge in [-0.3, -0.25) is 4.79 Å². The number of benzene rings is 1. The minimum Gasteiger partial charge on any atom is -0.478 e. The number of rotatable bonds is 2. The van der Waals surface area contributed by atoms with Crippen molar-refractivity contribution in [1.29, 1.82) is 0 Å². The summed E-state index contributed by atoms with van der Waals surface area (Å²) in [5.74, 6) is -2.42. The molecule has 1 aromatic heterocycles. The number of carboxylic acid groups (broad SMARTS) is 1. The Morgan fingerprint density at radius 3 is 2.82 bits per heavy atom. The molecule has 6 heteroatoms. The number of hydrogen-bond acceptors (Lipinski definition) is 3. The summed E-state index contributed by atoms with van der Waals surface area (Å²) >= 11 is 1.67. The maximum atomic E-state index is 14.1. The Morgan fingerprint density at radius 1 is 1.36 bits per heavy atom. The van der Waals surface area contributed by atoms with E-state index >= 15 is 0 Å². The molecule has 1 aromatic carbocycles. The number of carbonyl (C=O) groups excluding carboxylic acids is 1. The Morgan fingerprint density at radius 2 is 2.14 bits per heavy atom. The number of carboxylic acids is 1. The Hall–Kier alpha value is -2.21. The first-order chi connectivity index (χ1) is 10.5. The second kappa shape index (κ2) is 5.53. The van der Waals surface area contributed by atoms with Crippen molar-refractivity contribution in [2.45, 2.75) is 19.4 Å². The van der Waals surface area contributed by atoms with Gasteiger partial charge in [-0.05, 0) is 48.6 Å².